The Hall–Kier alpha value is -0.790. The van der Waals surface area contributed by atoms with Gasteiger partial charge in [-0.3, -0.25) is 0 Å². The van der Waals surface area contributed by atoms with Crippen LogP contribution in [0.1, 0.15) is 66.2 Å². The van der Waals surface area contributed by atoms with Crippen LogP contribution in [0.3, 0.4) is 0 Å². The smallest absolute Gasteiger partial charge is 0.328 e. The molecule has 16 heavy (non-hydrogen) atoms. The van der Waals surface area contributed by atoms with E-state index in [0.717, 1.165) is 12.0 Å². The third-order valence-corrected chi connectivity index (χ3v) is 3.31. The van der Waals surface area contributed by atoms with Gasteiger partial charge in [0, 0.05) is 6.08 Å². The van der Waals surface area contributed by atoms with Crippen molar-refractivity contribution in [3.05, 3.63) is 11.6 Å². The van der Waals surface area contributed by atoms with Crippen molar-refractivity contribution in [3.63, 3.8) is 0 Å². The molecule has 0 radical (unpaired) electrons. The lowest BCUT2D eigenvalue weighted by molar-refractivity contribution is -0.131. The van der Waals surface area contributed by atoms with E-state index in [1.54, 1.807) is 0 Å². The summed E-state index contributed by atoms with van der Waals surface area (Å²) in [6, 6.07) is 0. The summed E-state index contributed by atoms with van der Waals surface area (Å²) >= 11 is 0. The van der Waals surface area contributed by atoms with E-state index in [1.807, 2.05) is 6.92 Å². The molecule has 0 saturated heterocycles. The molecule has 0 aromatic carbocycles. The normalized spacial score (nSPS) is 12.9. The van der Waals surface area contributed by atoms with Crippen molar-refractivity contribution in [2.24, 2.45) is 5.41 Å². The summed E-state index contributed by atoms with van der Waals surface area (Å²) in [5, 5.41) is 8.71. The Morgan fingerprint density at radius 1 is 1.19 bits per heavy atom. The highest BCUT2D eigenvalue weighted by molar-refractivity contribution is 5.80. The van der Waals surface area contributed by atoms with Gasteiger partial charge in [-0.2, -0.15) is 0 Å². The van der Waals surface area contributed by atoms with Gasteiger partial charge in [-0.05, 0) is 18.8 Å². The third-order valence-electron chi connectivity index (χ3n) is 3.31. The first-order chi connectivity index (χ1) is 7.40. The summed E-state index contributed by atoms with van der Waals surface area (Å²) in [4.78, 5) is 10.6. The van der Waals surface area contributed by atoms with Gasteiger partial charge < -0.3 is 5.11 Å². The van der Waals surface area contributed by atoms with E-state index in [0.29, 0.717) is 0 Å². The summed E-state index contributed by atoms with van der Waals surface area (Å²) < 4.78 is 0. The summed E-state index contributed by atoms with van der Waals surface area (Å²) in [5.41, 5.74) is 0.987. The Labute approximate surface area is 99.7 Å². The molecule has 0 saturated carbocycles. The highest BCUT2D eigenvalue weighted by Crippen LogP contribution is 2.32. The SMILES string of the molecule is CCCCCCCC(C)(C)C(C)=CC(=O)O. The molecule has 0 fully saturated rings. The van der Waals surface area contributed by atoms with Crippen molar-refractivity contribution >= 4 is 5.97 Å². The zero-order valence-corrected chi connectivity index (χ0v) is 11.2. The number of unbranched alkanes of at least 4 members (excludes halogenated alkanes) is 4. The average molecular weight is 226 g/mol. The monoisotopic (exact) mass is 226 g/mol. The van der Waals surface area contributed by atoms with Crippen LogP contribution in [0.15, 0.2) is 11.6 Å². The number of aliphatic carboxylic acids is 1. The van der Waals surface area contributed by atoms with E-state index >= 15 is 0 Å². The molecular formula is C14H26O2. The van der Waals surface area contributed by atoms with Crippen molar-refractivity contribution < 1.29 is 9.90 Å². The molecule has 0 aliphatic heterocycles. The fraction of sp³-hybridized carbons (Fsp3) is 0.786. The molecule has 0 bridgehead atoms. The molecular weight excluding hydrogens is 200 g/mol. The highest BCUT2D eigenvalue weighted by atomic mass is 16.4. The fourth-order valence-corrected chi connectivity index (χ4v) is 1.75. The van der Waals surface area contributed by atoms with Gasteiger partial charge >= 0.3 is 5.97 Å². The van der Waals surface area contributed by atoms with Crippen molar-refractivity contribution in [1.29, 1.82) is 0 Å². The van der Waals surface area contributed by atoms with Crippen LogP contribution < -0.4 is 0 Å². The van der Waals surface area contributed by atoms with Crippen LogP contribution in [-0.4, -0.2) is 11.1 Å². The zero-order chi connectivity index (χ0) is 12.6. The minimum Gasteiger partial charge on any atom is -0.478 e. The molecule has 94 valence electrons. The van der Waals surface area contributed by atoms with E-state index in [9.17, 15) is 4.79 Å². The Morgan fingerprint density at radius 3 is 2.25 bits per heavy atom. The lowest BCUT2D eigenvalue weighted by Crippen LogP contribution is -2.14. The lowest BCUT2D eigenvalue weighted by Gasteiger charge is -2.25. The van der Waals surface area contributed by atoms with E-state index in [-0.39, 0.29) is 5.41 Å². The van der Waals surface area contributed by atoms with E-state index in [2.05, 4.69) is 20.8 Å². The predicted molar refractivity (Wildman–Crippen MR) is 68.5 cm³/mol. The predicted octanol–water partition coefficient (Wildman–Crippen LogP) is 4.40. The summed E-state index contributed by atoms with van der Waals surface area (Å²) in [6.45, 7) is 8.38. The molecule has 0 aliphatic rings. The second-order valence-electron chi connectivity index (χ2n) is 5.21. The molecule has 0 rings (SSSR count). The molecule has 0 atom stereocenters. The average Bonchev–Trinajstić information content (AvgIpc) is 2.16. The third kappa shape index (κ3) is 6.65. The zero-order valence-electron chi connectivity index (χ0n) is 11.2. The quantitative estimate of drug-likeness (QED) is 0.492. The van der Waals surface area contributed by atoms with Crippen molar-refractivity contribution in [2.45, 2.75) is 66.2 Å². The molecule has 0 aliphatic carbocycles. The minimum atomic E-state index is -0.837. The molecule has 1 N–H and O–H groups in total. The first-order valence-electron chi connectivity index (χ1n) is 6.32. The maximum atomic E-state index is 10.6. The van der Waals surface area contributed by atoms with Gasteiger partial charge in [0.05, 0.1) is 0 Å². The van der Waals surface area contributed by atoms with Crippen LogP contribution in [0.4, 0.5) is 0 Å². The largest absolute Gasteiger partial charge is 0.478 e. The number of carbonyl (C=O) groups is 1. The maximum Gasteiger partial charge on any atom is 0.328 e. The number of hydrogen-bond acceptors (Lipinski definition) is 1. The van der Waals surface area contributed by atoms with Gasteiger partial charge in [-0.1, -0.05) is 58.4 Å². The number of hydrogen-bond donors (Lipinski definition) is 1. The van der Waals surface area contributed by atoms with Crippen LogP contribution in [0.2, 0.25) is 0 Å². The summed E-state index contributed by atoms with van der Waals surface area (Å²) in [6.07, 6.45) is 8.74. The topological polar surface area (TPSA) is 37.3 Å². The van der Waals surface area contributed by atoms with Crippen LogP contribution in [-0.2, 0) is 4.79 Å². The number of carboxylic acid groups (broad SMARTS) is 1. The number of carboxylic acids is 1. The molecule has 2 heteroatoms. The van der Waals surface area contributed by atoms with Gasteiger partial charge in [-0.15, -0.1) is 0 Å². The summed E-state index contributed by atoms with van der Waals surface area (Å²) in [7, 11) is 0. The van der Waals surface area contributed by atoms with Crippen molar-refractivity contribution in [1.82, 2.24) is 0 Å². The van der Waals surface area contributed by atoms with Crippen LogP contribution in [0.25, 0.3) is 0 Å². The fourth-order valence-electron chi connectivity index (χ4n) is 1.75. The van der Waals surface area contributed by atoms with Crippen molar-refractivity contribution in [3.8, 4) is 0 Å². The second-order valence-corrected chi connectivity index (χ2v) is 5.21. The number of allylic oxidation sites excluding steroid dienone is 1. The first kappa shape index (κ1) is 15.2. The van der Waals surface area contributed by atoms with Crippen molar-refractivity contribution in [2.75, 3.05) is 0 Å². The Balaban J connectivity index is 3.99. The van der Waals surface area contributed by atoms with E-state index in [1.165, 1.54) is 38.2 Å². The molecule has 0 amide bonds. The molecule has 0 aromatic rings. The first-order valence-corrected chi connectivity index (χ1v) is 6.32. The van der Waals surface area contributed by atoms with Gasteiger partial charge in [0.2, 0.25) is 0 Å². The Bertz CT molecular complexity index is 239. The second kappa shape index (κ2) is 7.48. The van der Waals surface area contributed by atoms with Gasteiger partial charge in [0.15, 0.2) is 0 Å². The number of rotatable bonds is 8. The minimum absolute atomic E-state index is 0.0185. The highest BCUT2D eigenvalue weighted by Gasteiger charge is 2.20. The van der Waals surface area contributed by atoms with E-state index in [4.69, 9.17) is 5.11 Å². The van der Waals surface area contributed by atoms with Gasteiger partial charge in [0.25, 0.3) is 0 Å². The molecule has 0 heterocycles. The van der Waals surface area contributed by atoms with Crippen LogP contribution in [0.5, 0.6) is 0 Å². The molecule has 0 spiro atoms. The molecule has 0 unspecified atom stereocenters. The Kier molecular flexibility index (Phi) is 7.11. The maximum absolute atomic E-state index is 10.6. The molecule has 2 nitrogen and oxygen atoms in total. The Morgan fingerprint density at radius 2 is 1.75 bits per heavy atom. The lowest BCUT2D eigenvalue weighted by atomic mass is 9.80. The van der Waals surface area contributed by atoms with Crippen LogP contribution in [0, 0.1) is 5.41 Å². The van der Waals surface area contributed by atoms with Gasteiger partial charge in [0.1, 0.15) is 0 Å². The summed E-state index contributed by atoms with van der Waals surface area (Å²) in [5.74, 6) is -0.837. The molecule has 0 aromatic heterocycles. The van der Waals surface area contributed by atoms with Gasteiger partial charge in [-0.25, -0.2) is 4.79 Å². The van der Waals surface area contributed by atoms with E-state index < -0.39 is 5.97 Å². The van der Waals surface area contributed by atoms with Crippen LogP contribution >= 0.6 is 0 Å². The standard InChI is InChI=1S/C14H26O2/c1-5-6-7-8-9-10-14(3,4)12(2)11-13(15)16/h11H,5-10H2,1-4H3,(H,15,16).